The van der Waals surface area contributed by atoms with Crippen molar-refractivity contribution in [3.8, 4) is 0 Å². The van der Waals surface area contributed by atoms with Gasteiger partial charge in [-0.2, -0.15) is 0 Å². The number of carbonyl (C=O) groups is 1. The maximum absolute atomic E-state index is 13.6. The van der Waals surface area contributed by atoms with Gasteiger partial charge >= 0.3 is 5.97 Å². The van der Waals surface area contributed by atoms with Crippen molar-refractivity contribution in [1.29, 1.82) is 0 Å². The van der Waals surface area contributed by atoms with Crippen LogP contribution >= 0.6 is 35.8 Å². The second-order valence-corrected chi connectivity index (χ2v) is 6.25. The number of benzene rings is 2. The molecule has 0 radical (unpaired) electrons. The monoisotopic (exact) mass is 382 g/mol. The van der Waals surface area contributed by atoms with Crippen LogP contribution in [-0.2, 0) is 0 Å². The van der Waals surface area contributed by atoms with E-state index in [0.717, 1.165) is 0 Å². The molecule has 3 aromatic rings. The predicted molar refractivity (Wildman–Crippen MR) is 95.7 cm³/mol. The number of hydrogen-bond acceptors (Lipinski definition) is 4. The van der Waals surface area contributed by atoms with E-state index in [1.807, 2.05) is 0 Å². The lowest BCUT2D eigenvalue weighted by molar-refractivity contribution is 0.0698. The normalized spacial score (nSPS) is 10.8. The van der Waals surface area contributed by atoms with Crippen molar-refractivity contribution in [3.05, 3.63) is 58.0 Å². The highest BCUT2D eigenvalue weighted by atomic mass is 35.5. The van der Waals surface area contributed by atoms with Crippen LogP contribution in [0.4, 0.5) is 15.8 Å². The summed E-state index contributed by atoms with van der Waals surface area (Å²) in [7, 11) is 0. The Hall–Kier alpha value is -2.02. The van der Waals surface area contributed by atoms with Gasteiger partial charge in [0.05, 0.1) is 27.5 Å². The lowest BCUT2D eigenvalue weighted by Crippen LogP contribution is -2.04. The van der Waals surface area contributed by atoms with E-state index in [0.29, 0.717) is 32.2 Å². The van der Waals surface area contributed by atoms with Gasteiger partial charge in [-0.3, -0.25) is 4.98 Å². The van der Waals surface area contributed by atoms with E-state index in [4.69, 9.17) is 23.2 Å². The van der Waals surface area contributed by atoms with Gasteiger partial charge in [-0.15, -0.1) is 12.6 Å². The van der Waals surface area contributed by atoms with E-state index in [2.05, 4.69) is 22.9 Å². The Bertz CT molecular complexity index is 982. The molecule has 24 heavy (non-hydrogen) atoms. The molecule has 1 aromatic heterocycles. The zero-order chi connectivity index (χ0) is 17.4. The van der Waals surface area contributed by atoms with Crippen LogP contribution in [0.15, 0.2) is 41.4 Å². The highest BCUT2D eigenvalue weighted by molar-refractivity contribution is 7.80. The summed E-state index contributed by atoms with van der Waals surface area (Å²) in [5, 5.41) is 13.1. The van der Waals surface area contributed by atoms with Crippen LogP contribution < -0.4 is 5.32 Å². The Morgan fingerprint density at radius 1 is 1.25 bits per heavy atom. The van der Waals surface area contributed by atoms with Crippen LogP contribution in [0.3, 0.4) is 0 Å². The Morgan fingerprint density at radius 2 is 2.00 bits per heavy atom. The van der Waals surface area contributed by atoms with Gasteiger partial charge in [0, 0.05) is 27.6 Å². The molecular formula is C16H9Cl2FN2O2S. The second kappa shape index (κ2) is 6.47. The van der Waals surface area contributed by atoms with Gasteiger partial charge in [-0.1, -0.05) is 23.2 Å². The summed E-state index contributed by atoms with van der Waals surface area (Å²) in [4.78, 5) is 16.0. The molecule has 0 fully saturated rings. The Morgan fingerprint density at radius 3 is 2.71 bits per heavy atom. The number of carboxylic acids is 1. The topological polar surface area (TPSA) is 62.2 Å². The summed E-state index contributed by atoms with van der Waals surface area (Å²) in [5.41, 5.74) is 1.14. The molecule has 0 spiro atoms. The molecule has 0 aliphatic carbocycles. The van der Waals surface area contributed by atoms with Crippen LogP contribution in [0.1, 0.15) is 10.4 Å². The smallest absolute Gasteiger partial charge is 0.337 e. The number of rotatable bonds is 3. The Balaban J connectivity index is 2.19. The van der Waals surface area contributed by atoms with Gasteiger partial charge in [-0.05, 0) is 24.3 Å². The maximum atomic E-state index is 13.6. The minimum Gasteiger partial charge on any atom is -0.478 e. The van der Waals surface area contributed by atoms with E-state index in [-0.39, 0.29) is 10.6 Å². The number of aromatic carboxylic acids is 1. The predicted octanol–water partition coefficient (Wildman–Crippen LogP) is 5.41. The van der Waals surface area contributed by atoms with Crippen molar-refractivity contribution in [1.82, 2.24) is 4.98 Å². The molecule has 0 aliphatic rings. The van der Waals surface area contributed by atoms with Crippen molar-refractivity contribution in [3.63, 3.8) is 0 Å². The molecule has 0 amide bonds. The number of pyridine rings is 1. The zero-order valence-electron chi connectivity index (χ0n) is 11.8. The number of nitrogens with one attached hydrogen (secondary N) is 1. The zero-order valence-corrected chi connectivity index (χ0v) is 14.3. The van der Waals surface area contributed by atoms with E-state index in [1.165, 1.54) is 30.5 Å². The molecule has 0 unspecified atom stereocenters. The third kappa shape index (κ3) is 3.13. The number of aromatic nitrogens is 1. The third-order valence-electron chi connectivity index (χ3n) is 3.36. The second-order valence-electron chi connectivity index (χ2n) is 4.92. The van der Waals surface area contributed by atoms with Crippen LogP contribution in [0, 0.1) is 5.82 Å². The van der Waals surface area contributed by atoms with Gasteiger partial charge in [0.25, 0.3) is 0 Å². The van der Waals surface area contributed by atoms with E-state index in [1.54, 1.807) is 6.07 Å². The fraction of sp³-hybridized carbons (Fsp3) is 0. The van der Waals surface area contributed by atoms with E-state index in [9.17, 15) is 14.3 Å². The summed E-state index contributed by atoms with van der Waals surface area (Å²) in [6.45, 7) is 0. The number of hydrogen-bond donors (Lipinski definition) is 3. The summed E-state index contributed by atoms with van der Waals surface area (Å²) < 4.78 is 13.6. The van der Waals surface area contributed by atoms with Crippen molar-refractivity contribution in [2.45, 2.75) is 4.90 Å². The summed E-state index contributed by atoms with van der Waals surface area (Å²) in [5.74, 6) is -1.73. The minimum absolute atomic E-state index is 0.00611. The summed E-state index contributed by atoms with van der Waals surface area (Å²) >= 11 is 16.0. The number of carboxylic acid groups (broad SMARTS) is 1. The first kappa shape index (κ1) is 16.8. The van der Waals surface area contributed by atoms with Crippen molar-refractivity contribution >= 4 is 64.1 Å². The summed E-state index contributed by atoms with van der Waals surface area (Å²) in [6.07, 6.45) is 1.44. The van der Waals surface area contributed by atoms with Crippen LogP contribution in [0.25, 0.3) is 10.9 Å². The molecule has 0 bridgehead atoms. The molecule has 122 valence electrons. The van der Waals surface area contributed by atoms with Gasteiger partial charge in [0.2, 0.25) is 0 Å². The summed E-state index contributed by atoms with van der Waals surface area (Å²) in [6, 6.07) is 7.05. The fourth-order valence-corrected chi connectivity index (χ4v) is 2.81. The molecule has 2 aromatic carbocycles. The number of nitrogens with zero attached hydrogens (tertiary/aromatic N) is 1. The van der Waals surface area contributed by atoms with Crippen LogP contribution in [-0.4, -0.2) is 16.1 Å². The van der Waals surface area contributed by atoms with Crippen molar-refractivity contribution < 1.29 is 14.3 Å². The largest absolute Gasteiger partial charge is 0.478 e. The average Bonchev–Trinajstić information content (AvgIpc) is 2.53. The molecule has 3 rings (SSSR count). The quantitative estimate of drug-likeness (QED) is 0.529. The standard InChI is InChI=1S/C16H9Cl2FN2O2S/c17-7-1-2-12(9(3-7)16(22)23)21-15-8-4-10(18)11(19)5-13(8)20-6-14(15)24/h1-6,24H,(H,20,21)(H,22,23). The van der Waals surface area contributed by atoms with E-state index < -0.39 is 11.8 Å². The number of fused-ring (bicyclic) bond motifs is 1. The first-order valence-corrected chi connectivity index (χ1v) is 7.83. The number of thiol groups is 1. The lowest BCUT2D eigenvalue weighted by atomic mass is 10.1. The first-order valence-electron chi connectivity index (χ1n) is 6.63. The molecule has 1 heterocycles. The molecule has 4 nitrogen and oxygen atoms in total. The third-order valence-corrected chi connectivity index (χ3v) is 4.23. The van der Waals surface area contributed by atoms with Gasteiger partial charge < -0.3 is 10.4 Å². The number of anilines is 2. The van der Waals surface area contributed by atoms with Gasteiger partial charge in [0.1, 0.15) is 5.82 Å². The maximum Gasteiger partial charge on any atom is 0.337 e. The minimum atomic E-state index is -1.14. The van der Waals surface area contributed by atoms with Crippen LogP contribution in [0.2, 0.25) is 10.0 Å². The number of halogens is 3. The molecular weight excluding hydrogens is 374 g/mol. The fourth-order valence-electron chi connectivity index (χ4n) is 2.25. The lowest BCUT2D eigenvalue weighted by Gasteiger charge is -2.14. The van der Waals surface area contributed by atoms with Crippen molar-refractivity contribution in [2.24, 2.45) is 0 Å². The molecule has 0 saturated carbocycles. The van der Waals surface area contributed by atoms with Crippen molar-refractivity contribution in [2.75, 3.05) is 5.32 Å². The van der Waals surface area contributed by atoms with Crippen LogP contribution in [0.5, 0.6) is 0 Å². The van der Waals surface area contributed by atoms with Gasteiger partial charge in [-0.25, -0.2) is 9.18 Å². The molecule has 8 heteroatoms. The Labute approximate surface area is 151 Å². The molecule has 0 aliphatic heterocycles. The van der Waals surface area contributed by atoms with E-state index >= 15 is 0 Å². The highest BCUT2D eigenvalue weighted by Gasteiger charge is 2.15. The first-order chi connectivity index (χ1) is 11.4. The molecule has 0 atom stereocenters. The molecule has 2 N–H and O–H groups in total. The molecule has 0 saturated heterocycles. The highest BCUT2D eigenvalue weighted by Crippen LogP contribution is 2.35. The average molecular weight is 383 g/mol. The van der Waals surface area contributed by atoms with Gasteiger partial charge in [0.15, 0.2) is 0 Å². The SMILES string of the molecule is O=C(O)c1cc(Cl)ccc1Nc1c(S)cnc2cc(F)c(Cl)cc12. The Kier molecular flexibility index (Phi) is 4.54.